The fourth-order valence-corrected chi connectivity index (χ4v) is 2.47. The molecular formula is C17H14F3N5O. The average Bonchev–Trinajstić information content (AvgIpc) is 3.13. The van der Waals surface area contributed by atoms with Gasteiger partial charge in [-0.1, -0.05) is 12.1 Å². The van der Waals surface area contributed by atoms with Crippen LogP contribution in [0.3, 0.4) is 0 Å². The van der Waals surface area contributed by atoms with Crippen molar-refractivity contribution >= 4 is 17.5 Å². The predicted octanol–water partition coefficient (Wildman–Crippen LogP) is 3.32. The van der Waals surface area contributed by atoms with E-state index in [0.29, 0.717) is 30.0 Å². The molecule has 134 valence electrons. The van der Waals surface area contributed by atoms with Crippen LogP contribution in [-0.4, -0.2) is 16.6 Å². The number of aromatic nitrogens is 2. The summed E-state index contributed by atoms with van der Waals surface area (Å²) in [6, 6.07) is 6.73. The summed E-state index contributed by atoms with van der Waals surface area (Å²) in [5.41, 5.74) is 6.04. The van der Waals surface area contributed by atoms with E-state index in [1.807, 2.05) is 12.1 Å². The Balaban J connectivity index is 1.83. The smallest absolute Gasteiger partial charge is 0.416 e. The van der Waals surface area contributed by atoms with Crippen LogP contribution in [0.5, 0.6) is 0 Å². The van der Waals surface area contributed by atoms with Crippen molar-refractivity contribution in [3.8, 4) is 6.07 Å². The molecule has 3 rings (SSSR count). The molecule has 0 radical (unpaired) electrons. The molecule has 0 bridgehead atoms. The molecule has 0 saturated carbocycles. The third-order valence-corrected chi connectivity index (χ3v) is 3.72. The van der Waals surface area contributed by atoms with Gasteiger partial charge in [0.15, 0.2) is 5.82 Å². The maximum Gasteiger partial charge on any atom is 0.416 e. The highest BCUT2D eigenvalue weighted by molar-refractivity contribution is 5.70. The van der Waals surface area contributed by atoms with Gasteiger partial charge in [0.1, 0.15) is 23.1 Å². The Hall–Kier alpha value is -3.28. The zero-order chi connectivity index (χ0) is 18.7. The first-order valence-corrected chi connectivity index (χ1v) is 7.69. The number of ether oxygens (including phenoxy) is 1. The van der Waals surface area contributed by atoms with E-state index in [4.69, 9.17) is 10.5 Å². The van der Waals surface area contributed by atoms with Crippen LogP contribution in [-0.2, 0) is 17.5 Å². The molecule has 1 aliphatic heterocycles. The SMILES string of the molecule is N#Cc1c(NCc2ccc(C(F)(F)F)cc2)nc(N)nc1C1=CCCO1. The highest BCUT2D eigenvalue weighted by Crippen LogP contribution is 2.30. The van der Waals surface area contributed by atoms with Gasteiger partial charge in [0, 0.05) is 13.0 Å². The molecule has 1 aromatic carbocycles. The number of anilines is 2. The van der Waals surface area contributed by atoms with Crippen LogP contribution in [0.25, 0.3) is 5.76 Å². The molecule has 0 unspecified atom stereocenters. The van der Waals surface area contributed by atoms with E-state index < -0.39 is 11.7 Å². The molecular weight excluding hydrogens is 347 g/mol. The number of nitrogen functional groups attached to an aromatic ring is 1. The second-order valence-electron chi connectivity index (χ2n) is 5.52. The predicted molar refractivity (Wildman–Crippen MR) is 88.5 cm³/mol. The molecule has 0 amide bonds. The van der Waals surface area contributed by atoms with Gasteiger partial charge in [-0.25, -0.2) is 4.98 Å². The van der Waals surface area contributed by atoms with Crippen LogP contribution in [0.15, 0.2) is 30.3 Å². The fraction of sp³-hybridized carbons (Fsp3) is 0.235. The number of rotatable bonds is 4. The first-order chi connectivity index (χ1) is 12.4. The molecule has 0 aliphatic carbocycles. The van der Waals surface area contributed by atoms with E-state index in [1.165, 1.54) is 12.1 Å². The number of alkyl halides is 3. The van der Waals surface area contributed by atoms with Crippen LogP contribution in [0.4, 0.5) is 24.9 Å². The van der Waals surface area contributed by atoms with Crippen molar-refractivity contribution in [3.05, 3.63) is 52.7 Å². The van der Waals surface area contributed by atoms with Gasteiger partial charge in [0.2, 0.25) is 5.95 Å². The summed E-state index contributed by atoms with van der Waals surface area (Å²) in [7, 11) is 0. The van der Waals surface area contributed by atoms with Crippen LogP contribution in [0.2, 0.25) is 0 Å². The van der Waals surface area contributed by atoms with Crippen molar-refractivity contribution in [1.82, 2.24) is 9.97 Å². The minimum Gasteiger partial charge on any atom is -0.491 e. The molecule has 3 N–H and O–H groups in total. The Labute approximate surface area is 147 Å². The summed E-state index contributed by atoms with van der Waals surface area (Å²) in [6.07, 6.45) is -1.87. The highest BCUT2D eigenvalue weighted by atomic mass is 19.4. The number of nitriles is 1. The van der Waals surface area contributed by atoms with E-state index in [-0.39, 0.29) is 23.9 Å². The lowest BCUT2D eigenvalue weighted by Crippen LogP contribution is -2.10. The zero-order valence-electron chi connectivity index (χ0n) is 13.5. The highest BCUT2D eigenvalue weighted by Gasteiger charge is 2.29. The number of benzene rings is 1. The summed E-state index contributed by atoms with van der Waals surface area (Å²) < 4.78 is 43.2. The van der Waals surface area contributed by atoms with Gasteiger partial charge in [-0.3, -0.25) is 0 Å². The summed E-state index contributed by atoms with van der Waals surface area (Å²) in [5, 5.41) is 12.4. The molecule has 0 fully saturated rings. The number of halogens is 3. The summed E-state index contributed by atoms with van der Waals surface area (Å²) in [5.74, 6) is 0.629. The molecule has 0 atom stereocenters. The van der Waals surface area contributed by atoms with Crippen molar-refractivity contribution in [2.24, 2.45) is 0 Å². The second-order valence-corrected chi connectivity index (χ2v) is 5.52. The number of nitrogens with one attached hydrogen (secondary N) is 1. The Kier molecular flexibility index (Phi) is 4.67. The number of nitrogens with two attached hydrogens (primary N) is 1. The van der Waals surface area contributed by atoms with Crippen molar-refractivity contribution in [1.29, 1.82) is 5.26 Å². The van der Waals surface area contributed by atoms with E-state index in [1.54, 1.807) is 0 Å². The third-order valence-electron chi connectivity index (χ3n) is 3.72. The van der Waals surface area contributed by atoms with Crippen LogP contribution >= 0.6 is 0 Å². The maximum absolute atomic E-state index is 12.6. The largest absolute Gasteiger partial charge is 0.491 e. The lowest BCUT2D eigenvalue weighted by molar-refractivity contribution is -0.137. The summed E-state index contributed by atoms with van der Waals surface area (Å²) in [6.45, 7) is 0.668. The monoisotopic (exact) mass is 361 g/mol. The van der Waals surface area contributed by atoms with Crippen molar-refractivity contribution in [2.75, 3.05) is 17.7 Å². The minimum atomic E-state index is -4.38. The lowest BCUT2D eigenvalue weighted by Gasteiger charge is -2.12. The molecule has 1 aliphatic rings. The van der Waals surface area contributed by atoms with Gasteiger partial charge in [0.05, 0.1) is 12.2 Å². The second kappa shape index (κ2) is 6.92. The van der Waals surface area contributed by atoms with E-state index in [2.05, 4.69) is 15.3 Å². The number of nitrogens with zero attached hydrogens (tertiary/aromatic N) is 3. The van der Waals surface area contributed by atoms with Gasteiger partial charge < -0.3 is 15.8 Å². The first-order valence-electron chi connectivity index (χ1n) is 7.69. The van der Waals surface area contributed by atoms with Gasteiger partial charge in [0.25, 0.3) is 0 Å². The standard InChI is InChI=1S/C17H14F3N5O/c18-17(19,20)11-5-3-10(4-6-11)9-23-15-12(8-21)14(24-16(22)25-15)13-2-1-7-26-13/h2-6H,1,7,9H2,(H3,22,23,24,25). The van der Waals surface area contributed by atoms with Crippen molar-refractivity contribution in [3.63, 3.8) is 0 Å². The molecule has 26 heavy (non-hydrogen) atoms. The van der Waals surface area contributed by atoms with Crippen LogP contribution < -0.4 is 11.1 Å². The molecule has 2 aromatic rings. The Morgan fingerprint density at radius 2 is 1.96 bits per heavy atom. The van der Waals surface area contributed by atoms with Crippen LogP contribution in [0, 0.1) is 11.3 Å². The maximum atomic E-state index is 12.6. The molecule has 9 heteroatoms. The van der Waals surface area contributed by atoms with Gasteiger partial charge in [-0.2, -0.15) is 23.4 Å². The molecule has 2 heterocycles. The topological polar surface area (TPSA) is 96.9 Å². The first kappa shape index (κ1) is 17.5. The van der Waals surface area contributed by atoms with Gasteiger partial charge in [-0.05, 0) is 23.8 Å². The van der Waals surface area contributed by atoms with Crippen molar-refractivity contribution < 1.29 is 17.9 Å². The van der Waals surface area contributed by atoms with E-state index >= 15 is 0 Å². The Morgan fingerprint density at radius 3 is 2.54 bits per heavy atom. The number of hydrogen-bond acceptors (Lipinski definition) is 6. The normalized spacial score (nSPS) is 13.7. The lowest BCUT2D eigenvalue weighted by atomic mass is 10.1. The summed E-state index contributed by atoms with van der Waals surface area (Å²) in [4.78, 5) is 8.08. The molecule has 0 saturated heterocycles. The Morgan fingerprint density at radius 1 is 1.23 bits per heavy atom. The van der Waals surface area contributed by atoms with Gasteiger partial charge >= 0.3 is 6.18 Å². The van der Waals surface area contributed by atoms with Gasteiger partial charge in [-0.15, -0.1) is 0 Å². The summed E-state index contributed by atoms with van der Waals surface area (Å²) >= 11 is 0. The van der Waals surface area contributed by atoms with E-state index in [9.17, 15) is 18.4 Å². The Bertz CT molecular complexity index is 885. The number of hydrogen-bond donors (Lipinski definition) is 2. The molecule has 1 aromatic heterocycles. The van der Waals surface area contributed by atoms with E-state index in [0.717, 1.165) is 12.1 Å². The zero-order valence-corrected chi connectivity index (χ0v) is 13.5. The average molecular weight is 361 g/mol. The minimum absolute atomic E-state index is 0.0367. The molecule has 6 nitrogen and oxygen atoms in total. The third kappa shape index (κ3) is 3.69. The van der Waals surface area contributed by atoms with Crippen LogP contribution in [0.1, 0.15) is 28.8 Å². The van der Waals surface area contributed by atoms with Crippen molar-refractivity contribution in [2.45, 2.75) is 19.1 Å². The molecule has 0 spiro atoms. The quantitative estimate of drug-likeness (QED) is 0.867. The fourth-order valence-electron chi connectivity index (χ4n) is 2.47.